The highest BCUT2D eigenvalue weighted by atomic mass is 16.2. The van der Waals surface area contributed by atoms with Crippen molar-refractivity contribution in [1.29, 1.82) is 0 Å². The van der Waals surface area contributed by atoms with E-state index in [1.165, 1.54) is 6.92 Å². The Morgan fingerprint density at radius 2 is 1.39 bits per heavy atom. The lowest BCUT2D eigenvalue weighted by atomic mass is 10.0. The summed E-state index contributed by atoms with van der Waals surface area (Å²) in [6.07, 6.45) is 0. The zero-order chi connectivity index (χ0) is 16.1. The van der Waals surface area contributed by atoms with Crippen molar-refractivity contribution in [2.75, 3.05) is 5.43 Å². The molecule has 1 amide bonds. The Morgan fingerprint density at radius 3 is 1.96 bits per heavy atom. The quantitative estimate of drug-likeness (QED) is 0.724. The molecule has 114 valence electrons. The second-order valence-electron chi connectivity index (χ2n) is 4.87. The van der Waals surface area contributed by atoms with Gasteiger partial charge < -0.3 is 0 Å². The Hall–Kier alpha value is -3.28. The molecule has 2 aromatic carbocycles. The van der Waals surface area contributed by atoms with Crippen LogP contribution >= 0.6 is 0 Å². The molecule has 0 bridgehead atoms. The van der Waals surface area contributed by atoms with Crippen LogP contribution in [0, 0.1) is 0 Å². The van der Waals surface area contributed by atoms with Gasteiger partial charge in [-0.3, -0.25) is 15.6 Å². The first-order valence-corrected chi connectivity index (χ1v) is 7.12. The number of nitrogens with one attached hydrogen (secondary N) is 2. The van der Waals surface area contributed by atoms with E-state index < -0.39 is 0 Å². The maximum Gasteiger partial charge on any atom is 0.262 e. The molecule has 2 N–H and O–H groups in total. The molecule has 3 aromatic rings. The highest BCUT2D eigenvalue weighted by molar-refractivity contribution is 5.78. The van der Waals surface area contributed by atoms with E-state index in [9.17, 15) is 4.79 Å². The fourth-order valence-corrected chi connectivity index (χ4v) is 2.11. The molecule has 0 aliphatic carbocycles. The minimum absolute atomic E-state index is 0.234. The Labute approximate surface area is 133 Å². The summed E-state index contributed by atoms with van der Waals surface area (Å²) in [4.78, 5) is 15.5. The van der Waals surface area contributed by atoms with E-state index in [2.05, 4.69) is 26.0 Å². The summed E-state index contributed by atoms with van der Waals surface area (Å²) >= 11 is 0. The Balaban J connectivity index is 2.07. The fraction of sp³-hybridized carbons (Fsp3) is 0.0588. The molecule has 0 saturated carbocycles. The van der Waals surface area contributed by atoms with E-state index >= 15 is 0 Å². The molecule has 6 nitrogen and oxygen atoms in total. The number of benzene rings is 2. The molecule has 3 rings (SSSR count). The van der Waals surface area contributed by atoms with Gasteiger partial charge in [-0.05, 0) is 0 Å². The predicted octanol–water partition coefficient (Wildman–Crippen LogP) is 2.67. The summed E-state index contributed by atoms with van der Waals surface area (Å²) in [5.74, 6) is 0.000677. The summed E-state index contributed by atoms with van der Waals surface area (Å²) < 4.78 is 0. The van der Waals surface area contributed by atoms with Gasteiger partial charge in [-0.1, -0.05) is 60.7 Å². The molecule has 0 aliphatic rings. The fourth-order valence-electron chi connectivity index (χ4n) is 2.11. The number of nitrogens with zero attached hydrogens (tertiary/aromatic N) is 3. The Morgan fingerprint density at radius 1 is 0.826 bits per heavy atom. The van der Waals surface area contributed by atoms with Crippen molar-refractivity contribution >= 4 is 11.9 Å². The highest BCUT2D eigenvalue weighted by Gasteiger charge is 2.13. The van der Waals surface area contributed by atoms with Gasteiger partial charge in [0.15, 0.2) is 0 Å². The van der Waals surface area contributed by atoms with Crippen LogP contribution in [0.15, 0.2) is 60.7 Å². The molecule has 0 spiro atoms. The zero-order valence-corrected chi connectivity index (χ0v) is 12.5. The van der Waals surface area contributed by atoms with Crippen LogP contribution in [0.25, 0.3) is 22.5 Å². The van der Waals surface area contributed by atoms with Crippen LogP contribution in [0.1, 0.15) is 6.92 Å². The van der Waals surface area contributed by atoms with Crippen molar-refractivity contribution in [2.45, 2.75) is 6.92 Å². The van der Waals surface area contributed by atoms with Crippen molar-refractivity contribution in [3.8, 4) is 22.5 Å². The number of carbonyl (C=O) groups is 1. The molecular weight excluding hydrogens is 290 g/mol. The molecule has 0 fully saturated rings. The number of carbonyl (C=O) groups excluding carboxylic acids is 1. The summed E-state index contributed by atoms with van der Waals surface area (Å²) in [5.41, 5.74) is 8.33. The minimum atomic E-state index is -0.234. The maximum atomic E-state index is 11.0. The minimum Gasteiger partial charge on any atom is -0.274 e. The molecule has 23 heavy (non-hydrogen) atoms. The molecule has 1 aromatic heterocycles. The zero-order valence-electron chi connectivity index (χ0n) is 12.5. The number of hydrazine groups is 1. The van der Waals surface area contributed by atoms with Gasteiger partial charge in [0.2, 0.25) is 5.91 Å². The average Bonchev–Trinajstić information content (AvgIpc) is 2.61. The molecule has 0 aliphatic heterocycles. The van der Waals surface area contributed by atoms with Crippen molar-refractivity contribution in [3.63, 3.8) is 0 Å². The van der Waals surface area contributed by atoms with Crippen LogP contribution in [0.3, 0.4) is 0 Å². The normalized spacial score (nSPS) is 10.1. The van der Waals surface area contributed by atoms with E-state index in [0.29, 0.717) is 11.4 Å². The number of anilines is 1. The first kappa shape index (κ1) is 14.6. The summed E-state index contributed by atoms with van der Waals surface area (Å²) in [7, 11) is 0. The van der Waals surface area contributed by atoms with Gasteiger partial charge in [0.1, 0.15) is 11.4 Å². The molecule has 0 radical (unpaired) electrons. The molecule has 0 atom stereocenters. The lowest BCUT2D eigenvalue weighted by Crippen LogP contribution is -2.28. The van der Waals surface area contributed by atoms with E-state index in [1.807, 2.05) is 60.7 Å². The van der Waals surface area contributed by atoms with Crippen molar-refractivity contribution < 1.29 is 4.79 Å². The van der Waals surface area contributed by atoms with Gasteiger partial charge >= 0.3 is 0 Å². The molecule has 6 heteroatoms. The predicted molar refractivity (Wildman–Crippen MR) is 88.1 cm³/mol. The Kier molecular flexibility index (Phi) is 4.24. The van der Waals surface area contributed by atoms with Crippen molar-refractivity contribution in [2.24, 2.45) is 0 Å². The summed E-state index contributed by atoms with van der Waals surface area (Å²) in [6.45, 7) is 1.40. The van der Waals surface area contributed by atoms with Gasteiger partial charge in [-0.2, -0.15) is 0 Å². The third kappa shape index (κ3) is 3.49. The SMILES string of the molecule is CC(=O)NNc1nnc(-c2ccccc2)c(-c2ccccc2)n1. The average molecular weight is 305 g/mol. The van der Waals surface area contributed by atoms with E-state index in [1.54, 1.807) is 0 Å². The number of hydrogen-bond donors (Lipinski definition) is 2. The standard InChI is InChI=1S/C17H15N5O/c1-12(23)19-21-17-18-15(13-8-4-2-5-9-13)16(20-22-17)14-10-6-3-7-11-14/h2-11H,1H3,(H,19,23)(H,18,21,22). The van der Waals surface area contributed by atoms with E-state index in [4.69, 9.17) is 0 Å². The van der Waals surface area contributed by atoms with Crippen LogP contribution in [-0.2, 0) is 4.79 Å². The largest absolute Gasteiger partial charge is 0.274 e. The van der Waals surface area contributed by atoms with Crippen LogP contribution in [-0.4, -0.2) is 21.1 Å². The van der Waals surface area contributed by atoms with Gasteiger partial charge in [-0.15, -0.1) is 10.2 Å². The third-order valence-electron chi connectivity index (χ3n) is 3.13. The highest BCUT2D eigenvalue weighted by Crippen LogP contribution is 2.28. The van der Waals surface area contributed by atoms with Crippen molar-refractivity contribution in [1.82, 2.24) is 20.6 Å². The van der Waals surface area contributed by atoms with Gasteiger partial charge in [0, 0.05) is 18.1 Å². The lowest BCUT2D eigenvalue weighted by Gasteiger charge is -2.10. The molecular formula is C17H15N5O. The third-order valence-corrected chi connectivity index (χ3v) is 3.13. The van der Waals surface area contributed by atoms with Crippen LogP contribution in [0.2, 0.25) is 0 Å². The maximum absolute atomic E-state index is 11.0. The van der Waals surface area contributed by atoms with Gasteiger partial charge in [-0.25, -0.2) is 4.98 Å². The number of rotatable bonds is 4. The molecule has 1 heterocycles. The van der Waals surface area contributed by atoms with Gasteiger partial charge in [0.05, 0.1) is 0 Å². The van der Waals surface area contributed by atoms with Crippen LogP contribution in [0.5, 0.6) is 0 Å². The first-order chi connectivity index (χ1) is 11.2. The van der Waals surface area contributed by atoms with Crippen LogP contribution < -0.4 is 10.9 Å². The summed E-state index contributed by atoms with van der Waals surface area (Å²) in [6, 6.07) is 19.5. The number of amides is 1. The topological polar surface area (TPSA) is 79.8 Å². The lowest BCUT2D eigenvalue weighted by molar-refractivity contribution is -0.118. The number of hydrogen-bond acceptors (Lipinski definition) is 5. The van der Waals surface area contributed by atoms with Crippen LogP contribution in [0.4, 0.5) is 5.95 Å². The van der Waals surface area contributed by atoms with Crippen molar-refractivity contribution in [3.05, 3.63) is 60.7 Å². The number of aromatic nitrogens is 3. The van der Waals surface area contributed by atoms with Gasteiger partial charge in [0.25, 0.3) is 5.95 Å². The smallest absolute Gasteiger partial charge is 0.262 e. The van der Waals surface area contributed by atoms with E-state index in [0.717, 1.165) is 11.1 Å². The first-order valence-electron chi connectivity index (χ1n) is 7.12. The van der Waals surface area contributed by atoms with E-state index in [-0.39, 0.29) is 11.9 Å². The second kappa shape index (κ2) is 6.65. The Bertz CT molecular complexity index is 806. The molecule has 0 unspecified atom stereocenters. The monoisotopic (exact) mass is 305 g/mol. The second-order valence-corrected chi connectivity index (χ2v) is 4.87. The summed E-state index contributed by atoms with van der Waals surface area (Å²) in [5, 5.41) is 8.30. The molecule has 0 saturated heterocycles.